The number of aliphatic hydroxyl groups is 1. The average molecular weight is 313 g/mol. The molecule has 2 aromatic rings. The number of benzene rings is 2. The Hall–Kier alpha value is -1.67. The molecule has 0 heterocycles. The van der Waals surface area contributed by atoms with E-state index in [1.54, 1.807) is 6.08 Å². The van der Waals surface area contributed by atoms with Crippen LogP contribution in [0.5, 0.6) is 0 Å². The highest BCUT2D eigenvalue weighted by molar-refractivity contribution is 7.76. The van der Waals surface area contributed by atoms with Gasteiger partial charge in [-0.25, -0.2) is 0 Å². The summed E-state index contributed by atoms with van der Waals surface area (Å²) in [5, 5.41) is 14.5. The van der Waals surface area contributed by atoms with Crippen molar-refractivity contribution in [2.24, 2.45) is 0 Å². The van der Waals surface area contributed by atoms with Gasteiger partial charge in [0.1, 0.15) is 0 Å². The highest BCUT2D eigenvalue weighted by atomic mass is 31.2. The van der Waals surface area contributed by atoms with Crippen molar-refractivity contribution >= 4 is 17.9 Å². The maximum Gasteiger partial charge on any atom is 0.205 e. The molecule has 0 spiro atoms. The van der Waals surface area contributed by atoms with Gasteiger partial charge in [0.2, 0.25) is 7.29 Å². The average Bonchev–Trinajstić information content (AvgIpc) is 2.58. The summed E-state index contributed by atoms with van der Waals surface area (Å²) in [4.78, 5) is 0. The molecule has 0 saturated carbocycles. The van der Waals surface area contributed by atoms with Crippen LogP contribution in [0.2, 0.25) is 0 Å². The minimum atomic E-state index is -2.90. The molecule has 3 nitrogen and oxygen atoms in total. The highest BCUT2D eigenvalue weighted by Crippen LogP contribution is 2.40. The number of hydrogen-bond donors (Lipinski definition) is 2. The molecule has 0 fully saturated rings. The summed E-state index contributed by atoms with van der Waals surface area (Å²) in [5.74, 6) is 0. The van der Waals surface area contributed by atoms with Crippen LogP contribution in [0.25, 0.3) is 0 Å². The molecule has 0 saturated heterocycles. The normalized spacial score (nSPS) is 21.7. The lowest BCUT2D eigenvalue weighted by molar-refractivity contribution is 0.200. The van der Waals surface area contributed by atoms with Crippen molar-refractivity contribution in [3.63, 3.8) is 0 Å². The highest BCUT2D eigenvalue weighted by Gasteiger charge is 2.30. The molecule has 0 bridgehead atoms. The predicted octanol–water partition coefficient (Wildman–Crippen LogP) is 2.58. The Morgan fingerprint density at radius 3 is 1.86 bits per heavy atom. The van der Waals surface area contributed by atoms with E-state index in [2.05, 4.69) is 5.09 Å². The number of rotatable bonds is 4. The molecule has 4 heteroatoms. The van der Waals surface area contributed by atoms with Crippen LogP contribution < -0.4 is 15.7 Å². The van der Waals surface area contributed by atoms with Crippen molar-refractivity contribution < 1.29 is 9.67 Å². The van der Waals surface area contributed by atoms with Crippen LogP contribution in [0.15, 0.2) is 72.8 Å². The zero-order valence-electron chi connectivity index (χ0n) is 12.3. The van der Waals surface area contributed by atoms with E-state index in [9.17, 15) is 9.67 Å². The van der Waals surface area contributed by atoms with Gasteiger partial charge in [-0.1, -0.05) is 48.6 Å². The van der Waals surface area contributed by atoms with Crippen molar-refractivity contribution in [3.8, 4) is 0 Å². The van der Waals surface area contributed by atoms with Crippen LogP contribution >= 0.6 is 7.29 Å². The first-order chi connectivity index (χ1) is 10.7. The second-order valence-corrected chi connectivity index (χ2v) is 8.06. The summed E-state index contributed by atoms with van der Waals surface area (Å²) in [7, 11) is -2.90. The molecule has 3 rings (SSSR count). The summed E-state index contributed by atoms with van der Waals surface area (Å²) in [6.45, 7) is 0. The Balaban J connectivity index is 1.97. The zero-order valence-corrected chi connectivity index (χ0v) is 13.2. The van der Waals surface area contributed by atoms with Crippen LogP contribution in [-0.2, 0) is 4.57 Å². The molecule has 0 amide bonds. The monoisotopic (exact) mass is 313 g/mol. The van der Waals surface area contributed by atoms with E-state index in [1.807, 2.05) is 66.7 Å². The molecule has 2 aromatic carbocycles. The summed E-state index contributed by atoms with van der Waals surface area (Å²) in [6, 6.07) is 19.1. The maximum absolute atomic E-state index is 13.8. The van der Waals surface area contributed by atoms with Crippen LogP contribution in [0.3, 0.4) is 0 Å². The zero-order chi connectivity index (χ0) is 15.4. The summed E-state index contributed by atoms with van der Waals surface area (Å²) in [6.07, 6.45) is 4.79. The molecule has 22 heavy (non-hydrogen) atoms. The molecule has 0 radical (unpaired) electrons. The first-order valence-electron chi connectivity index (χ1n) is 7.54. The van der Waals surface area contributed by atoms with Crippen LogP contribution in [0.4, 0.5) is 0 Å². The van der Waals surface area contributed by atoms with Gasteiger partial charge < -0.3 is 5.11 Å². The Morgan fingerprint density at radius 2 is 1.41 bits per heavy atom. The second kappa shape index (κ2) is 6.62. The van der Waals surface area contributed by atoms with Gasteiger partial charge in [0, 0.05) is 16.7 Å². The van der Waals surface area contributed by atoms with Crippen molar-refractivity contribution in [1.82, 2.24) is 5.09 Å². The molecular weight excluding hydrogens is 293 g/mol. The van der Waals surface area contributed by atoms with E-state index in [1.165, 1.54) is 0 Å². The van der Waals surface area contributed by atoms with Gasteiger partial charge in [0.15, 0.2) is 0 Å². The van der Waals surface area contributed by atoms with E-state index in [-0.39, 0.29) is 12.1 Å². The summed E-state index contributed by atoms with van der Waals surface area (Å²) >= 11 is 0. The Morgan fingerprint density at radius 1 is 0.864 bits per heavy atom. The fourth-order valence-corrected chi connectivity index (χ4v) is 5.18. The molecular formula is C18H20NO2P. The van der Waals surface area contributed by atoms with E-state index >= 15 is 0 Å². The van der Waals surface area contributed by atoms with Gasteiger partial charge in [-0.3, -0.25) is 9.65 Å². The smallest absolute Gasteiger partial charge is 0.205 e. The minimum absolute atomic E-state index is 0.00893. The fraction of sp³-hybridized carbons (Fsp3) is 0.222. The number of hydrogen-bond acceptors (Lipinski definition) is 2. The molecule has 1 aliphatic carbocycles. The van der Waals surface area contributed by atoms with Gasteiger partial charge in [-0.2, -0.15) is 0 Å². The lowest BCUT2D eigenvalue weighted by atomic mass is 10.0. The van der Waals surface area contributed by atoms with E-state index in [0.29, 0.717) is 6.42 Å². The van der Waals surface area contributed by atoms with Crippen LogP contribution in [-0.4, -0.2) is 17.3 Å². The largest absolute Gasteiger partial charge is 0.389 e. The summed E-state index contributed by atoms with van der Waals surface area (Å²) < 4.78 is 13.8. The van der Waals surface area contributed by atoms with Crippen LogP contribution in [0.1, 0.15) is 12.8 Å². The van der Waals surface area contributed by atoms with Crippen molar-refractivity contribution in [3.05, 3.63) is 72.8 Å². The van der Waals surface area contributed by atoms with Gasteiger partial charge in [0.25, 0.3) is 0 Å². The van der Waals surface area contributed by atoms with Gasteiger partial charge in [-0.05, 0) is 37.1 Å². The molecule has 1 aliphatic rings. The first-order valence-corrected chi connectivity index (χ1v) is 9.24. The van der Waals surface area contributed by atoms with Crippen molar-refractivity contribution in [1.29, 1.82) is 0 Å². The third-order valence-electron chi connectivity index (χ3n) is 3.93. The second-order valence-electron chi connectivity index (χ2n) is 5.55. The molecule has 2 atom stereocenters. The molecule has 0 aliphatic heterocycles. The summed E-state index contributed by atoms with van der Waals surface area (Å²) in [5.41, 5.74) is 0. The van der Waals surface area contributed by atoms with Gasteiger partial charge in [0.05, 0.1) is 6.10 Å². The first kappa shape index (κ1) is 15.2. The molecule has 114 valence electrons. The van der Waals surface area contributed by atoms with E-state index < -0.39 is 7.29 Å². The van der Waals surface area contributed by atoms with Crippen molar-refractivity contribution in [2.45, 2.75) is 25.0 Å². The van der Waals surface area contributed by atoms with E-state index in [4.69, 9.17) is 0 Å². The number of aliphatic hydroxyl groups excluding tert-OH is 1. The SMILES string of the molecule is O=P(N[C@H]1C=C[C@@H](O)CC1)(c1ccccc1)c1ccccc1. The minimum Gasteiger partial charge on any atom is -0.389 e. The standard InChI is InChI=1S/C18H20NO2P/c20-16-13-11-15(12-14-16)19-22(21,17-7-3-1-4-8-17)18-9-5-2-6-10-18/h1-11,13,15-16,20H,12,14H2,(H,19,21)/t15-,16+/m0/s1. The fourth-order valence-electron chi connectivity index (χ4n) is 2.72. The van der Waals surface area contributed by atoms with E-state index in [0.717, 1.165) is 17.0 Å². The Labute approximate surface area is 131 Å². The Kier molecular flexibility index (Phi) is 4.58. The molecule has 0 unspecified atom stereocenters. The van der Waals surface area contributed by atoms with Crippen LogP contribution in [0, 0.1) is 0 Å². The topological polar surface area (TPSA) is 49.3 Å². The lowest BCUT2D eigenvalue weighted by Crippen LogP contribution is -2.36. The van der Waals surface area contributed by atoms with Gasteiger partial charge in [-0.15, -0.1) is 0 Å². The molecule has 2 N–H and O–H groups in total. The lowest BCUT2D eigenvalue weighted by Gasteiger charge is -2.27. The van der Waals surface area contributed by atoms with Crippen molar-refractivity contribution in [2.75, 3.05) is 0 Å². The van der Waals surface area contributed by atoms with Gasteiger partial charge >= 0.3 is 0 Å². The number of nitrogens with one attached hydrogen (secondary N) is 1. The Bertz CT molecular complexity index is 641. The predicted molar refractivity (Wildman–Crippen MR) is 91.1 cm³/mol. The third-order valence-corrected chi connectivity index (χ3v) is 6.67. The molecule has 0 aromatic heterocycles. The quantitative estimate of drug-likeness (QED) is 0.674. The third kappa shape index (κ3) is 3.22. The maximum atomic E-state index is 13.8.